The second-order valence-corrected chi connectivity index (χ2v) is 8.53. The Balaban J connectivity index is 1.28. The number of nitrogens with zero attached hydrogens (tertiary/aromatic N) is 5. The fraction of sp³-hybridized carbons (Fsp3) is 0.400. The molecule has 156 valence electrons. The first kappa shape index (κ1) is 19.4. The lowest BCUT2D eigenvalue weighted by molar-refractivity contribution is -0.130. The molecular formula is C20H21Cl2N7O. The molecule has 2 aromatic heterocycles. The molecule has 2 unspecified atom stereocenters. The fourth-order valence-corrected chi connectivity index (χ4v) is 4.79. The zero-order valence-electron chi connectivity index (χ0n) is 16.2. The van der Waals surface area contributed by atoms with Crippen LogP contribution >= 0.6 is 23.2 Å². The molecule has 2 aliphatic rings. The molecule has 3 aromatic rings. The van der Waals surface area contributed by atoms with Gasteiger partial charge in [0.25, 0.3) is 0 Å². The summed E-state index contributed by atoms with van der Waals surface area (Å²) in [6.07, 6.45) is 5.30. The highest BCUT2D eigenvalue weighted by Crippen LogP contribution is 2.36. The largest absolute Gasteiger partial charge is 0.376 e. The van der Waals surface area contributed by atoms with Crippen molar-refractivity contribution >= 4 is 51.8 Å². The van der Waals surface area contributed by atoms with Crippen LogP contribution in [0.25, 0.3) is 11.2 Å². The van der Waals surface area contributed by atoms with Gasteiger partial charge in [-0.15, -0.1) is 0 Å². The van der Waals surface area contributed by atoms with E-state index in [2.05, 4.69) is 30.2 Å². The predicted octanol–water partition coefficient (Wildman–Crippen LogP) is 3.20. The van der Waals surface area contributed by atoms with E-state index in [9.17, 15) is 4.79 Å². The first-order valence-electron chi connectivity index (χ1n) is 9.97. The van der Waals surface area contributed by atoms with E-state index in [0.29, 0.717) is 28.2 Å². The van der Waals surface area contributed by atoms with Gasteiger partial charge < -0.3 is 20.1 Å². The van der Waals surface area contributed by atoms with E-state index in [1.807, 2.05) is 11.0 Å². The number of nitrogens with one attached hydrogen (secondary N) is 2. The molecule has 2 N–H and O–H groups in total. The lowest BCUT2D eigenvalue weighted by Crippen LogP contribution is -2.51. The van der Waals surface area contributed by atoms with E-state index in [0.717, 1.165) is 43.0 Å². The molecule has 2 fully saturated rings. The summed E-state index contributed by atoms with van der Waals surface area (Å²) in [6, 6.07) is 5.51. The molecule has 0 spiro atoms. The molecule has 1 aromatic carbocycles. The molecular weight excluding hydrogens is 425 g/mol. The Morgan fingerprint density at radius 1 is 1.17 bits per heavy atom. The number of aromatic amines is 1. The molecule has 8 nitrogen and oxygen atoms in total. The van der Waals surface area contributed by atoms with Crippen LogP contribution in [0.4, 0.5) is 11.5 Å². The third-order valence-corrected chi connectivity index (χ3v) is 6.79. The van der Waals surface area contributed by atoms with Gasteiger partial charge in [-0.25, -0.2) is 15.0 Å². The molecule has 10 heteroatoms. The van der Waals surface area contributed by atoms with Crippen LogP contribution in [0.5, 0.6) is 0 Å². The number of hydrogen-bond acceptors (Lipinski definition) is 6. The van der Waals surface area contributed by atoms with Crippen LogP contribution in [0.2, 0.25) is 10.0 Å². The highest BCUT2D eigenvalue weighted by atomic mass is 35.5. The molecule has 5 rings (SSSR count). The van der Waals surface area contributed by atoms with E-state index in [1.165, 1.54) is 0 Å². The Hall–Kier alpha value is -2.58. The molecule has 4 heterocycles. The van der Waals surface area contributed by atoms with E-state index in [4.69, 9.17) is 23.2 Å². The van der Waals surface area contributed by atoms with Gasteiger partial charge in [0.15, 0.2) is 11.5 Å². The number of benzene rings is 1. The smallest absolute Gasteiger partial charge is 0.241 e. The van der Waals surface area contributed by atoms with E-state index in [-0.39, 0.29) is 18.5 Å². The number of H-pyrrole nitrogens is 1. The van der Waals surface area contributed by atoms with E-state index >= 15 is 0 Å². The summed E-state index contributed by atoms with van der Waals surface area (Å²) < 4.78 is 0. The average Bonchev–Trinajstić information content (AvgIpc) is 3.40. The Labute approximate surface area is 183 Å². The molecule has 2 atom stereocenters. The van der Waals surface area contributed by atoms with Crippen LogP contribution in [0.15, 0.2) is 30.9 Å². The second kappa shape index (κ2) is 7.92. The summed E-state index contributed by atoms with van der Waals surface area (Å²) in [6.45, 7) is 2.60. The summed E-state index contributed by atoms with van der Waals surface area (Å²) in [5, 5.41) is 4.11. The van der Waals surface area contributed by atoms with Gasteiger partial charge in [0.1, 0.15) is 11.8 Å². The Kier molecular flexibility index (Phi) is 5.12. The molecule has 0 bridgehead atoms. The summed E-state index contributed by atoms with van der Waals surface area (Å²) in [5.41, 5.74) is 2.29. The van der Waals surface area contributed by atoms with Gasteiger partial charge in [-0.3, -0.25) is 4.79 Å². The third kappa shape index (κ3) is 3.54. The maximum Gasteiger partial charge on any atom is 0.241 e. The second-order valence-electron chi connectivity index (χ2n) is 7.72. The van der Waals surface area contributed by atoms with Crippen molar-refractivity contribution < 1.29 is 4.79 Å². The van der Waals surface area contributed by atoms with Crippen molar-refractivity contribution in [1.29, 1.82) is 0 Å². The SMILES string of the molecule is O=C(CNc1ccc(Cl)c(Cl)c1)N1CCC2CCN(c3ncnc4nc[nH]c34)C2C1. The molecule has 0 saturated carbocycles. The van der Waals surface area contributed by atoms with Crippen LogP contribution in [0.1, 0.15) is 12.8 Å². The number of amides is 1. The highest BCUT2D eigenvalue weighted by Gasteiger charge is 2.40. The average molecular weight is 446 g/mol. The van der Waals surface area contributed by atoms with Gasteiger partial charge in [-0.2, -0.15) is 0 Å². The van der Waals surface area contributed by atoms with Crippen molar-refractivity contribution in [3.8, 4) is 0 Å². The normalized spacial score (nSPS) is 21.1. The monoisotopic (exact) mass is 445 g/mol. The van der Waals surface area contributed by atoms with Gasteiger partial charge in [0.2, 0.25) is 5.91 Å². The van der Waals surface area contributed by atoms with Crippen LogP contribution in [-0.2, 0) is 4.79 Å². The quantitative estimate of drug-likeness (QED) is 0.640. The van der Waals surface area contributed by atoms with Crippen LogP contribution in [0, 0.1) is 5.92 Å². The standard InChI is InChI=1S/C20H21Cl2N7O/c21-14-2-1-13(7-15(14)22)23-8-17(30)28-5-3-12-4-6-29(16(12)9-28)20-18-19(25-10-24-18)26-11-27-20/h1-2,7,10-12,16,23H,3-6,8-9H2,(H,24,25,26,27). The molecule has 30 heavy (non-hydrogen) atoms. The molecule has 2 saturated heterocycles. The van der Waals surface area contributed by atoms with Crippen molar-refractivity contribution in [2.75, 3.05) is 36.4 Å². The maximum absolute atomic E-state index is 12.9. The van der Waals surface area contributed by atoms with Gasteiger partial charge >= 0.3 is 0 Å². The Bertz CT molecular complexity index is 1090. The number of piperidine rings is 1. The molecule has 2 aliphatic heterocycles. The number of imidazole rings is 1. The Morgan fingerprint density at radius 3 is 2.90 bits per heavy atom. The summed E-state index contributed by atoms with van der Waals surface area (Å²) >= 11 is 12.0. The topological polar surface area (TPSA) is 90.0 Å². The lowest BCUT2D eigenvalue weighted by Gasteiger charge is -2.39. The van der Waals surface area contributed by atoms with Gasteiger partial charge in [-0.05, 0) is 37.0 Å². The van der Waals surface area contributed by atoms with E-state index < -0.39 is 0 Å². The minimum atomic E-state index is 0.0701. The molecule has 1 amide bonds. The summed E-state index contributed by atoms with van der Waals surface area (Å²) in [4.78, 5) is 33.2. The van der Waals surface area contributed by atoms with Crippen LogP contribution in [0.3, 0.4) is 0 Å². The third-order valence-electron chi connectivity index (χ3n) is 6.05. The predicted molar refractivity (Wildman–Crippen MR) is 117 cm³/mol. The first-order chi connectivity index (χ1) is 14.6. The van der Waals surface area contributed by atoms with Gasteiger partial charge in [-0.1, -0.05) is 23.2 Å². The van der Waals surface area contributed by atoms with Crippen LogP contribution in [-0.4, -0.2) is 63.0 Å². The molecule has 0 aliphatic carbocycles. The van der Waals surface area contributed by atoms with Gasteiger partial charge in [0, 0.05) is 25.3 Å². The Morgan fingerprint density at radius 2 is 2.03 bits per heavy atom. The number of hydrogen-bond donors (Lipinski definition) is 2. The number of aromatic nitrogens is 4. The van der Waals surface area contributed by atoms with Crippen molar-refractivity contribution in [2.45, 2.75) is 18.9 Å². The number of fused-ring (bicyclic) bond motifs is 2. The minimum absolute atomic E-state index is 0.0701. The zero-order valence-corrected chi connectivity index (χ0v) is 17.7. The number of rotatable bonds is 4. The van der Waals surface area contributed by atoms with E-state index in [1.54, 1.807) is 24.8 Å². The van der Waals surface area contributed by atoms with Crippen molar-refractivity contribution in [3.05, 3.63) is 40.9 Å². The fourth-order valence-electron chi connectivity index (χ4n) is 4.50. The summed E-state index contributed by atoms with van der Waals surface area (Å²) in [5.74, 6) is 1.50. The highest BCUT2D eigenvalue weighted by molar-refractivity contribution is 6.42. The number of carbonyl (C=O) groups excluding carboxylic acids is 1. The van der Waals surface area contributed by atoms with Gasteiger partial charge in [0.05, 0.1) is 29.0 Å². The minimum Gasteiger partial charge on any atom is -0.376 e. The number of halogens is 2. The van der Waals surface area contributed by atoms with Crippen molar-refractivity contribution in [1.82, 2.24) is 24.8 Å². The van der Waals surface area contributed by atoms with Crippen molar-refractivity contribution in [2.24, 2.45) is 5.92 Å². The number of carbonyl (C=O) groups is 1. The van der Waals surface area contributed by atoms with Crippen LogP contribution < -0.4 is 10.2 Å². The number of anilines is 2. The zero-order chi connectivity index (χ0) is 20.7. The number of likely N-dealkylation sites (tertiary alicyclic amines) is 1. The van der Waals surface area contributed by atoms with Crippen molar-refractivity contribution in [3.63, 3.8) is 0 Å². The maximum atomic E-state index is 12.9. The summed E-state index contributed by atoms with van der Waals surface area (Å²) in [7, 11) is 0. The molecule has 0 radical (unpaired) electrons. The lowest BCUT2D eigenvalue weighted by atomic mass is 9.92. The first-order valence-corrected chi connectivity index (χ1v) is 10.7.